The van der Waals surface area contributed by atoms with Crippen molar-refractivity contribution >= 4 is 22.9 Å². The number of carboxylic acid groups (broad SMARTS) is 1. The highest BCUT2D eigenvalue weighted by atomic mass is 16.5. The minimum atomic E-state index is -0.969. The highest BCUT2D eigenvalue weighted by Gasteiger charge is 2.07. The Morgan fingerprint density at radius 2 is 2.26 bits per heavy atom. The van der Waals surface area contributed by atoms with Crippen LogP contribution in [0.15, 0.2) is 30.3 Å². The number of pyridine rings is 1. The molecular formula is C15H15NO3. The van der Waals surface area contributed by atoms with Gasteiger partial charge < -0.3 is 9.84 Å². The summed E-state index contributed by atoms with van der Waals surface area (Å²) in [5.41, 5.74) is 2.41. The van der Waals surface area contributed by atoms with Gasteiger partial charge in [0.2, 0.25) is 0 Å². The fraction of sp³-hybridized carbons (Fsp3) is 0.200. The van der Waals surface area contributed by atoms with Crippen LogP contribution in [-0.4, -0.2) is 22.7 Å². The molecule has 1 N–H and O–H groups in total. The van der Waals surface area contributed by atoms with Gasteiger partial charge in [0.15, 0.2) is 0 Å². The number of carboxylic acids is 1. The first-order valence-corrected chi connectivity index (χ1v) is 6.06. The van der Waals surface area contributed by atoms with E-state index in [9.17, 15) is 4.79 Å². The molecule has 0 aliphatic heterocycles. The average molecular weight is 257 g/mol. The van der Waals surface area contributed by atoms with Crippen molar-refractivity contribution in [1.29, 1.82) is 0 Å². The van der Waals surface area contributed by atoms with Gasteiger partial charge >= 0.3 is 5.97 Å². The summed E-state index contributed by atoms with van der Waals surface area (Å²) in [5, 5.41) is 9.61. The smallest absolute Gasteiger partial charge is 0.328 e. The zero-order valence-corrected chi connectivity index (χ0v) is 10.9. The van der Waals surface area contributed by atoms with Crippen LogP contribution in [0.2, 0.25) is 0 Å². The Hall–Kier alpha value is -2.36. The van der Waals surface area contributed by atoms with E-state index in [-0.39, 0.29) is 0 Å². The molecule has 4 nitrogen and oxygen atoms in total. The van der Waals surface area contributed by atoms with Crippen LogP contribution in [0.3, 0.4) is 0 Å². The number of aromatic nitrogens is 1. The number of nitrogens with zero attached hydrogens (tertiary/aromatic N) is 1. The van der Waals surface area contributed by atoms with Gasteiger partial charge in [-0.15, -0.1) is 0 Å². The molecule has 0 saturated carbocycles. The zero-order chi connectivity index (χ0) is 13.8. The summed E-state index contributed by atoms with van der Waals surface area (Å²) in [6.07, 6.45) is 2.70. The Balaban J connectivity index is 2.64. The van der Waals surface area contributed by atoms with Crippen LogP contribution in [0, 0.1) is 6.92 Å². The van der Waals surface area contributed by atoms with Gasteiger partial charge in [0.1, 0.15) is 11.3 Å². The predicted octanol–water partition coefficient (Wildman–Crippen LogP) is 3.04. The van der Waals surface area contributed by atoms with Crippen LogP contribution in [0.5, 0.6) is 5.75 Å². The van der Waals surface area contributed by atoms with Gasteiger partial charge in [0, 0.05) is 17.2 Å². The van der Waals surface area contributed by atoms with Gasteiger partial charge in [-0.3, -0.25) is 0 Å². The second kappa shape index (κ2) is 5.52. The molecule has 1 heterocycles. The number of rotatable bonds is 4. The lowest BCUT2D eigenvalue weighted by atomic mass is 10.1. The maximum atomic E-state index is 10.6. The summed E-state index contributed by atoms with van der Waals surface area (Å²) in [4.78, 5) is 15.1. The number of carbonyl (C=O) groups is 1. The van der Waals surface area contributed by atoms with E-state index in [1.54, 1.807) is 6.08 Å². The Morgan fingerprint density at radius 3 is 2.95 bits per heavy atom. The first-order valence-electron chi connectivity index (χ1n) is 6.06. The number of aliphatic carboxylic acids is 1. The third-order valence-electron chi connectivity index (χ3n) is 2.67. The lowest BCUT2D eigenvalue weighted by Crippen LogP contribution is -1.96. The largest absolute Gasteiger partial charge is 0.492 e. The SMILES string of the molecule is CCOc1cccc2c(/C=C/C(=O)O)cc(C)nc12. The van der Waals surface area contributed by atoms with Crippen LogP contribution < -0.4 is 4.74 Å². The van der Waals surface area contributed by atoms with Crippen molar-refractivity contribution in [2.45, 2.75) is 13.8 Å². The summed E-state index contributed by atoms with van der Waals surface area (Å²) in [5.74, 6) is -0.253. The first-order chi connectivity index (χ1) is 9.11. The minimum Gasteiger partial charge on any atom is -0.492 e. The monoisotopic (exact) mass is 257 g/mol. The molecule has 0 aliphatic carbocycles. The van der Waals surface area contributed by atoms with E-state index in [0.29, 0.717) is 12.4 Å². The average Bonchev–Trinajstić information content (AvgIpc) is 2.37. The van der Waals surface area contributed by atoms with Crippen molar-refractivity contribution in [3.63, 3.8) is 0 Å². The van der Waals surface area contributed by atoms with E-state index in [2.05, 4.69) is 4.98 Å². The van der Waals surface area contributed by atoms with Crippen LogP contribution in [0.1, 0.15) is 18.2 Å². The molecule has 0 fully saturated rings. The van der Waals surface area contributed by atoms with E-state index in [1.165, 1.54) is 0 Å². The number of aryl methyl sites for hydroxylation is 1. The quantitative estimate of drug-likeness (QED) is 0.855. The van der Waals surface area contributed by atoms with Crippen LogP contribution in [0.4, 0.5) is 0 Å². The number of hydrogen-bond acceptors (Lipinski definition) is 3. The van der Waals surface area contributed by atoms with Gasteiger partial charge in [0.25, 0.3) is 0 Å². The maximum Gasteiger partial charge on any atom is 0.328 e. The minimum absolute atomic E-state index is 0.565. The summed E-state index contributed by atoms with van der Waals surface area (Å²) in [6, 6.07) is 7.51. The molecule has 2 aromatic rings. The Morgan fingerprint density at radius 1 is 1.47 bits per heavy atom. The molecule has 19 heavy (non-hydrogen) atoms. The van der Waals surface area contributed by atoms with Crippen molar-refractivity contribution in [2.24, 2.45) is 0 Å². The normalized spacial score (nSPS) is 11.1. The molecule has 0 spiro atoms. The third kappa shape index (κ3) is 2.91. The van der Waals surface area contributed by atoms with Gasteiger partial charge in [0.05, 0.1) is 6.61 Å². The number of ether oxygens (including phenoxy) is 1. The highest BCUT2D eigenvalue weighted by molar-refractivity contribution is 5.95. The Bertz CT molecular complexity index is 647. The van der Waals surface area contributed by atoms with Crippen LogP contribution >= 0.6 is 0 Å². The van der Waals surface area contributed by atoms with Gasteiger partial charge in [-0.2, -0.15) is 0 Å². The van der Waals surface area contributed by atoms with Crippen molar-refractivity contribution in [1.82, 2.24) is 4.98 Å². The van der Waals surface area contributed by atoms with E-state index >= 15 is 0 Å². The van der Waals surface area contributed by atoms with Crippen molar-refractivity contribution in [3.05, 3.63) is 41.6 Å². The van der Waals surface area contributed by atoms with Crippen molar-refractivity contribution < 1.29 is 14.6 Å². The van der Waals surface area contributed by atoms with E-state index in [0.717, 1.165) is 28.2 Å². The molecule has 1 aromatic carbocycles. The summed E-state index contributed by atoms with van der Waals surface area (Å²) in [7, 11) is 0. The maximum absolute atomic E-state index is 10.6. The molecule has 0 saturated heterocycles. The third-order valence-corrected chi connectivity index (χ3v) is 2.67. The lowest BCUT2D eigenvalue weighted by Gasteiger charge is -2.09. The van der Waals surface area contributed by atoms with Crippen molar-refractivity contribution in [2.75, 3.05) is 6.61 Å². The Labute approximate surface area is 111 Å². The number of benzene rings is 1. The van der Waals surface area contributed by atoms with Crippen molar-refractivity contribution in [3.8, 4) is 5.75 Å². The van der Waals surface area contributed by atoms with Gasteiger partial charge in [-0.1, -0.05) is 12.1 Å². The molecular weight excluding hydrogens is 242 g/mol. The summed E-state index contributed by atoms with van der Waals surface area (Å²) >= 11 is 0. The van der Waals surface area contributed by atoms with E-state index in [4.69, 9.17) is 9.84 Å². The van der Waals surface area contributed by atoms with Gasteiger partial charge in [-0.05, 0) is 37.6 Å². The summed E-state index contributed by atoms with van der Waals surface area (Å²) < 4.78 is 5.55. The topological polar surface area (TPSA) is 59.4 Å². The second-order valence-corrected chi connectivity index (χ2v) is 4.11. The fourth-order valence-electron chi connectivity index (χ4n) is 1.95. The fourth-order valence-corrected chi connectivity index (χ4v) is 1.95. The highest BCUT2D eigenvalue weighted by Crippen LogP contribution is 2.27. The Kier molecular flexibility index (Phi) is 3.80. The second-order valence-electron chi connectivity index (χ2n) is 4.11. The lowest BCUT2D eigenvalue weighted by molar-refractivity contribution is -0.131. The molecule has 0 bridgehead atoms. The van der Waals surface area contributed by atoms with Crippen LogP contribution in [-0.2, 0) is 4.79 Å². The molecule has 4 heteroatoms. The molecule has 98 valence electrons. The van der Waals surface area contributed by atoms with Gasteiger partial charge in [-0.25, -0.2) is 9.78 Å². The van der Waals surface area contributed by atoms with E-state index < -0.39 is 5.97 Å². The molecule has 0 aliphatic rings. The molecule has 0 radical (unpaired) electrons. The molecule has 1 aromatic heterocycles. The molecule has 0 unspecified atom stereocenters. The summed E-state index contributed by atoms with van der Waals surface area (Å²) in [6.45, 7) is 4.36. The molecule has 0 atom stereocenters. The van der Waals surface area contributed by atoms with E-state index in [1.807, 2.05) is 38.1 Å². The number of fused-ring (bicyclic) bond motifs is 1. The first kappa shape index (κ1) is 13.1. The van der Waals surface area contributed by atoms with Crippen LogP contribution in [0.25, 0.3) is 17.0 Å². The predicted molar refractivity (Wildman–Crippen MR) is 74.3 cm³/mol. The number of para-hydroxylation sites is 1. The number of hydrogen-bond donors (Lipinski definition) is 1. The zero-order valence-electron chi connectivity index (χ0n) is 10.9. The molecule has 2 rings (SSSR count). The standard InChI is InChI=1S/C15H15NO3/c1-3-19-13-6-4-5-12-11(7-8-14(17)18)9-10(2)16-15(12)13/h4-9H,3H2,1-2H3,(H,17,18)/b8-7+. The molecule has 0 amide bonds.